The number of piperidine rings is 1. The second-order valence-electron chi connectivity index (χ2n) is 7.38. The largest absolute Gasteiger partial charge is 0.347 e. The van der Waals surface area contributed by atoms with Gasteiger partial charge in [-0.15, -0.1) is 0 Å². The van der Waals surface area contributed by atoms with Crippen LogP contribution < -0.4 is 10.6 Å². The zero-order chi connectivity index (χ0) is 18.4. The average molecular weight is 345 g/mol. The lowest BCUT2D eigenvalue weighted by molar-refractivity contribution is -0.130. The van der Waals surface area contributed by atoms with Crippen molar-refractivity contribution in [1.29, 1.82) is 0 Å². The summed E-state index contributed by atoms with van der Waals surface area (Å²) in [7, 11) is 0. The highest BCUT2D eigenvalue weighted by molar-refractivity contribution is 6.04. The Hall–Kier alpha value is -2.37. The van der Waals surface area contributed by atoms with Crippen molar-refractivity contribution in [3.8, 4) is 0 Å². The molecule has 6 nitrogen and oxygen atoms in total. The molecule has 25 heavy (non-hydrogen) atoms. The zero-order valence-electron chi connectivity index (χ0n) is 15.2. The molecule has 136 valence electrons. The first-order valence-corrected chi connectivity index (χ1v) is 8.75. The van der Waals surface area contributed by atoms with Gasteiger partial charge in [0.1, 0.15) is 0 Å². The van der Waals surface area contributed by atoms with E-state index in [1.54, 1.807) is 45.0 Å². The molecule has 2 rings (SSSR count). The number of hydrogen-bond acceptors (Lipinski definition) is 3. The van der Waals surface area contributed by atoms with Crippen LogP contribution in [0, 0.1) is 5.41 Å². The molecule has 0 aromatic heterocycles. The summed E-state index contributed by atoms with van der Waals surface area (Å²) in [6, 6.07) is 6.99. The van der Waals surface area contributed by atoms with E-state index in [1.165, 1.54) is 0 Å². The Morgan fingerprint density at radius 3 is 2.32 bits per heavy atom. The maximum Gasteiger partial charge on any atom is 0.255 e. The van der Waals surface area contributed by atoms with Crippen LogP contribution in [0.25, 0.3) is 0 Å². The molecule has 1 aromatic carbocycles. The van der Waals surface area contributed by atoms with Gasteiger partial charge in [-0.2, -0.15) is 0 Å². The molecule has 0 saturated carbocycles. The van der Waals surface area contributed by atoms with E-state index in [-0.39, 0.29) is 24.3 Å². The van der Waals surface area contributed by atoms with Crippen molar-refractivity contribution in [1.82, 2.24) is 10.2 Å². The molecule has 0 bridgehead atoms. The number of rotatable bonds is 4. The van der Waals surface area contributed by atoms with Crippen LogP contribution in [0.3, 0.4) is 0 Å². The molecule has 1 fully saturated rings. The Morgan fingerprint density at radius 2 is 1.68 bits per heavy atom. The molecule has 6 heteroatoms. The maximum absolute atomic E-state index is 12.7. The SMILES string of the molecule is CC(C)(C)C(=O)NCC(=O)Nc1ccccc1C(=O)N1CCCCC1. The Morgan fingerprint density at radius 1 is 1.04 bits per heavy atom. The predicted molar refractivity (Wildman–Crippen MR) is 97.3 cm³/mol. The molecular weight excluding hydrogens is 318 g/mol. The molecular formula is C19H27N3O3. The Kier molecular flexibility index (Phi) is 6.17. The molecule has 1 aliphatic rings. The van der Waals surface area contributed by atoms with Crippen LogP contribution in [-0.2, 0) is 9.59 Å². The third-order valence-corrected chi connectivity index (χ3v) is 4.17. The molecule has 0 unspecified atom stereocenters. The minimum absolute atomic E-state index is 0.0608. The second-order valence-corrected chi connectivity index (χ2v) is 7.38. The molecule has 3 amide bonds. The monoisotopic (exact) mass is 345 g/mol. The van der Waals surface area contributed by atoms with Crippen molar-refractivity contribution >= 4 is 23.4 Å². The van der Waals surface area contributed by atoms with E-state index in [0.717, 1.165) is 32.4 Å². The predicted octanol–water partition coefficient (Wildman–Crippen LogP) is 2.41. The zero-order valence-corrected chi connectivity index (χ0v) is 15.2. The van der Waals surface area contributed by atoms with Crippen LogP contribution in [0.5, 0.6) is 0 Å². The van der Waals surface area contributed by atoms with Crippen molar-refractivity contribution in [3.63, 3.8) is 0 Å². The van der Waals surface area contributed by atoms with Crippen LogP contribution in [0.2, 0.25) is 0 Å². The van der Waals surface area contributed by atoms with Gasteiger partial charge in [0.25, 0.3) is 5.91 Å². The number of likely N-dealkylation sites (tertiary alicyclic amines) is 1. The van der Waals surface area contributed by atoms with Crippen molar-refractivity contribution in [2.75, 3.05) is 25.0 Å². The Bertz CT molecular complexity index is 644. The van der Waals surface area contributed by atoms with Crippen LogP contribution in [0.1, 0.15) is 50.4 Å². The van der Waals surface area contributed by atoms with Gasteiger partial charge in [0.2, 0.25) is 11.8 Å². The number of carbonyl (C=O) groups is 3. The van der Waals surface area contributed by atoms with Gasteiger partial charge in [-0.05, 0) is 31.4 Å². The van der Waals surface area contributed by atoms with Crippen LogP contribution in [0.4, 0.5) is 5.69 Å². The van der Waals surface area contributed by atoms with Gasteiger partial charge in [-0.25, -0.2) is 0 Å². The molecule has 0 radical (unpaired) electrons. The van der Waals surface area contributed by atoms with Crippen molar-refractivity contribution in [2.45, 2.75) is 40.0 Å². The standard InChI is InChI=1S/C19H27N3O3/c1-19(2,3)18(25)20-13-16(23)21-15-10-6-5-9-14(15)17(24)22-11-7-4-8-12-22/h5-6,9-10H,4,7-8,11-13H2,1-3H3,(H,20,25)(H,21,23). The highest BCUT2D eigenvalue weighted by atomic mass is 16.2. The number of hydrogen-bond donors (Lipinski definition) is 2. The fraction of sp³-hybridized carbons (Fsp3) is 0.526. The molecule has 0 atom stereocenters. The summed E-state index contributed by atoms with van der Waals surface area (Å²) in [5.74, 6) is -0.605. The van der Waals surface area contributed by atoms with Crippen LogP contribution in [-0.4, -0.2) is 42.3 Å². The fourth-order valence-electron chi connectivity index (χ4n) is 2.67. The topological polar surface area (TPSA) is 78.5 Å². The second kappa shape index (κ2) is 8.14. The molecule has 1 heterocycles. The first-order chi connectivity index (χ1) is 11.8. The minimum Gasteiger partial charge on any atom is -0.347 e. The van der Waals surface area contributed by atoms with Gasteiger partial charge in [-0.3, -0.25) is 14.4 Å². The number of para-hydroxylation sites is 1. The number of nitrogens with zero attached hydrogens (tertiary/aromatic N) is 1. The van der Waals surface area contributed by atoms with E-state index < -0.39 is 5.41 Å². The quantitative estimate of drug-likeness (QED) is 0.879. The van der Waals surface area contributed by atoms with Gasteiger partial charge in [0, 0.05) is 18.5 Å². The number of carbonyl (C=O) groups excluding carboxylic acids is 3. The maximum atomic E-state index is 12.7. The van der Waals surface area contributed by atoms with E-state index >= 15 is 0 Å². The smallest absolute Gasteiger partial charge is 0.255 e. The average Bonchev–Trinajstić information content (AvgIpc) is 2.59. The summed E-state index contributed by atoms with van der Waals surface area (Å²) >= 11 is 0. The van der Waals surface area contributed by atoms with Gasteiger partial charge < -0.3 is 15.5 Å². The molecule has 0 aliphatic carbocycles. The fourth-order valence-corrected chi connectivity index (χ4v) is 2.67. The van der Waals surface area contributed by atoms with E-state index in [4.69, 9.17) is 0 Å². The van der Waals surface area contributed by atoms with Gasteiger partial charge >= 0.3 is 0 Å². The lowest BCUT2D eigenvalue weighted by Gasteiger charge is -2.27. The highest BCUT2D eigenvalue weighted by Gasteiger charge is 2.23. The molecule has 1 aromatic rings. The minimum atomic E-state index is -0.553. The lowest BCUT2D eigenvalue weighted by atomic mass is 9.96. The third-order valence-electron chi connectivity index (χ3n) is 4.17. The summed E-state index contributed by atoms with van der Waals surface area (Å²) < 4.78 is 0. The first-order valence-electron chi connectivity index (χ1n) is 8.75. The van der Waals surface area contributed by atoms with Crippen molar-refractivity contribution < 1.29 is 14.4 Å². The number of anilines is 1. The van der Waals surface area contributed by atoms with Gasteiger partial charge in [-0.1, -0.05) is 32.9 Å². The van der Waals surface area contributed by atoms with E-state index in [1.807, 2.05) is 4.90 Å². The van der Waals surface area contributed by atoms with Crippen LogP contribution >= 0.6 is 0 Å². The van der Waals surface area contributed by atoms with E-state index in [0.29, 0.717) is 11.3 Å². The summed E-state index contributed by atoms with van der Waals surface area (Å²) in [6.07, 6.45) is 3.17. The molecule has 1 saturated heterocycles. The summed E-state index contributed by atoms with van der Waals surface area (Å²) in [5, 5.41) is 5.34. The van der Waals surface area contributed by atoms with Crippen molar-refractivity contribution in [2.24, 2.45) is 5.41 Å². The highest BCUT2D eigenvalue weighted by Crippen LogP contribution is 2.20. The molecule has 0 spiro atoms. The molecule has 1 aliphatic heterocycles. The normalized spacial score (nSPS) is 14.8. The Labute approximate surface area is 149 Å². The number of amides is 3. The van der Waals surface area contributed by atoms with E-state index in [9.17, 15) is 14.4 Å². The molecule has 2 N–H and O–H groups in total. The van der Waals surface area contributed by atoms with Crippen molar-refractivity contribution in [3.05, 3.63) is 29.8 Å². The first kappa shape index (κ1) is 19.0. The third kappa shape index (κ3) is 5.31. The summed E-state index contributed by atoms with van der Waals surface area (Å²) in [6.45, 7) is 6.74. The summed E-state index contributed by atoms with van der Waals surface area (Å²) in [4.78, 5) is 38.5. The van der Waals surface area contributed by atoms with Crippen LogP contribution in [0.15, 0.2) is 24.3 Å². The van der Waals surface area contributed by atoms with Gasteiger partial charge in [0.15, 0.2) is 0 Å². The lowest BCUT2D eigenvalue weighted by Crippen LogP contribution is -2.40. The van der Waals surface area contributed by atoms with E-state index in [2.05, 4.69) is 10.6 Å². The number of benzene rings is 1. The Balaban J connectivity index is 2.01. The number of nitrogens with one attached hydrogen (secondary N) is 2. The van der Waals surface area contributed by atoms with Gasteiger partial charge in [0.05, 0.1) is 17.8 Å². The summed E-state index contributed by atoms with van der Waals surface area (Å²) in [5.41, 5.74) is 0.413.